The Morgan fingerprint density at radius 2 is 1.77 bits per heavy atom. The van der Waals surface area contributed by atoms with E-state index in [1.807, 2.05) is 54.6 Å². The van der Waals surface area contributed by atoms with E-state index < -0.39 is 4.92 Å². The second-order valence-corrected chi connectivity index (χ2v) is 6.92. The number of furan rings is 1. The minimum absolute atomic E-state index is 0.0980. The summed E-state index contributed by atoms with van der Waals surface area (Å²) in [4.78, 5) is 19.3. The van der Waals surface area contributed by atoms with E-state index in [0.29, 0.717) is 11.4 Å². The number of rotatable bonds is 4. The van der Waals surface area contributed by atoms with Crippen LogP contribution in [0.1, 0.15) is 5.69 Å². The first-order chi connectivity index (χ1) is 15.1. The van der Waals surface area contributed by atoms with Crippen LogP contribution in [-0.4, -0.2) is 21.2 Å². The highest BCUT2D eigenvalue weighted by Crippen LogP contribution is 2.35. The van der Waals surface area contributed by atoms with Gasteiger partial charge in [0, 0.05) is 28.5 Å². The lowest BCUT2D eigenvalue weighted by Gasteiger charge is -2.03. The minimum atomic E-state index is -0.536. The van der Waals surface area contributed by atoms with Crippen molar-refractivity contribution < 1.29 is 14.4 Å². The predicted octanol–water partition coefficient (Wildman–Crippen LogP) is 6.01. The highest BCUT2D eigenvalue weighted by Gasteiger charge is 2.13. The lowest BCUT2D eigenvalue weighted by atomic mass is 10.1. The van der Waals surface area contributed by atoms with Crippen LogP contribution in [0.2, 0.25) is 0 Å². The van der Waals surface area contributed by atoms with E-state index in [9.17, 15) is 15.2 Å². The Labute approximate surface area is 176 Å². The van der Waals surface area contributed by atoms with E-state index >= 15 is 0 Å². The van der Waals surface area contributed by atoms with Crippen molar-refractivity contribution in [2.24, 2.45) is 4.99 Å². The molecule has 2 aromatic heterocycles. The van der Waals surface area contributed by atoms with Gasteiger partial charge in [-0.05, 0) is 30.3 Å². The van der Waals surface area contributed by atoms with Gasteiger partial charge in [0.05, 0.1) is 22.5 Å². The lowest BCUT2D eigenvalue weighted by molar-refractivity contribution is -0.384. The van der Waals surface area contributed by atoms with Gasteiger partial charge >= 0.3 is 0 Å². The van der Waals surface area contributed by atoms with Gasteiger partial charge in [0.25, 0.3) is 5.69 Å². The van der Waals surface area contributed by atoms with Crippen molar-refractivity contribution in [3.63, 3.8) is 0 Å². The summed E-state index contributed by atoms with van der Waals surface area (Å²) < 4.78 is 6.09. The van der Waals surface area contributed by atoms with Crippen molar-refractivity contribution in [2.75, 3.05) is 0 Å². The summed E-state index contributed by atoms with van der Waals surface area (Å²) in [6.45, 7) is 0. The molecular formula is C24H15N3O4. The summed E-state index contributed by atoms with van der Waals surface area (Å²) in [6.07, 6.45) is 1.46. The first-order valence-electron chi connectivity index (χ1n) is 9.49. The number of hydrogen-bond acceptors (Lipinski definition) is 6. The third-order valence-corrected chi connectivity index (χ3v) is 4.96. The number of para-hydroxylation sites is 2. The Balaban J connectivity index is 1.55. The summed E-state index contributed by atoms with van der Waals surface area (Å²) >= 11 is 0. The molecule has 5 aromatic rings. The van der Waals surface area contributed by atoms with Gasteiger partial charge in [0.15, 0.2) is 0 Å². The van der Waals surface area contributed by atoms with Gasteiger partial charge in [-0.3, -0.25) is 15.1 Å². The fraction of sp³-hybridized carbons (Fsp3) is 0. The molecule has 7 heteroatoms. The Hall–Kier alpha value is -4.52. The molecule has 0 radical (unpaired) electrons. The predicted molar refractivity (Wildman–Crippen MR) is 119 cm³/mol. The number of aromatic hydroxyl groups is 1. The van der Waals surface area contributed by atoms with Gasteiger partial charge in [0.1, 0.15) is 22.6 Å². The number of nitro groups is 1. The third kappa shape index (κ3) is 3.38. The van der Waals surface area contributed by atoms with E-state index in [0.717, 1.165) is 27.5 Å². The summed E-state index contributed by atoms with van der Waals surface area (Å²) in [5.41, 5.74) is 3.60. The molecule has 3 aromatic carbocycles. The van der Waals surface area contributed by atoms with Crippen molar-refractivity contribution in [1.29, 1.82) is 0 Å². The van der Waals surface area contributed by atoms with Crippen molar-refractivity contribution >= 4 is 39.5 Å². The summed E-state index contributed by atoms with van der Waals surface area (Å²) in [5, 5.41) is 23.0. The van der Waals surface area contributed by atoms with E-state index in [2.05, 4.69) is 9.98 Å². The Kier molecular flexibility index (Phi) is 4.41. The number of hydrogen-bond donors (Lipinski definition) is 1. The van der Waals surface area contributed by atoms with Crippen LogP contribution >= 0.6 is 0 Å². The van der Waals surface area contributed by atoms with Crippen LogP contribution in [0, 0.1) is 10.1 Å². The first-order valence-corrected chi connectivity index (χ1v) is 9.49. The molecule has 2 heterocycles. The van der Waals surface area contributed by atoms with Crippen molar-refractivity contribution in [3.8, 4) is 17.0 Å². The maximum atomic E-state index is 11.0. The number of phenols is 1. The number of benzene rings is 3. The molecule has 0 amide bonds. The Morgan fingerprint density at radius 3 is 2.65 bits per heavy atom. The zero-order valence-corrected chi connectivity index (χ0v) is 16.1. The van der Waals surface area contributed by atoms with Gasteiger partial charge in [-0.1, -0.05) is 36.4 Å². The molecule has 5 rings (SSSR count). The maximum Gasteiger partial charge on any atom is 0.271 e. The molecule has 0 aliphatic rings. The number of nitrogens with zero attached hydrogens (tertiary/aromatic N) is 3. The number of aliphatic imine (C=N–C) groups is 1. The normalized spacial score (nSPS) is 11.5. The second-order valence-electron chi connectivity index (χ2n) is 6.92. The number of nitro benzene ring substituents is 1. The number of aromatic nitrogens is 1. The monoisotopic (exact) mass is 409 g/mol. The maximum absolute atomic E-state index is 11.0. The standard InChI is InChI=1S/C24H15N3O4/c28-22-12-11-16(27(29)30)13-21(22)25-14-15-5-3-9-20(26-15)19-8-4-7-18-17-6-1-2-10-23(17)31-24(18)19/h1-14,28H. The molecular weight excluding hydrogens is 394 g/mol. The van der Waals surface area contributed by atoms with Crippen LogP contribution in [0.25, 0.3) is 33.2 Å². The zero-order chi connectivity index (χ0) is 21.4. The van der Waals surface area contributed by atoms with Gasteiger partial charge in [0.2, 0.25) is 0 Å². The number of pyridine rings is 1. The van der Waals surface area contributed by atoms with Crippen LogP contribution in [-0.2, 0) is 0 Å². The molecule has 150 valence electrons. The van der Waals surface area contributed by atoms with Crippen LogP contribution in [0.3, 0.4) is 0 Å². The molecule has 0 fully saturated rings. The van der Waals surface area contributed by atoms with Crippen LogP contribution in [0.4, 0.5) is 11.4 Å². The van der Waals surface area contributed by atoms with E-state index in [1.54, 1.807) is 6.07 Å². The zero-order valence-electron chi connectivity index (χ0n) is 16.1. The summed E-state index contributed by atoms with van der Waals surface area (Å²) in [6, 6.07) is 23.0. The molecule has 1 N–H and O–H groups in total. The molecule has 0 bridgehead atoms. The number of non-ortho nitro benzene ring substituents is 1. The average Bonchev–Trinajstić information content (AvgIpc) is 3.17. The fourth-order valence-electron chi connectivity index (χ4n) is 3.49. The van der Waals surface area contributed by atoms with Gasteiger partial charge < -0.3 is 9.52 Å². The van der Waals surface area contributed by atoms with Crippen LogP contribution in [0.15, 0.2) is 88.3 Å². The SMILES string of the molecule is O=[N+]([O-])c1ccc(O)c(N=Cc2cccc(-c3cccc4c3oc3ccccc34)n2)c1. The first kappa shape index (κ1) is 18.5. The molecule has 0 spiro atoms. The molecule has 0 aliphatic carbocycles. The van der Waals surface area contributed by atoms with Gasteiger partial charge in [-0.15, -0.1) is 0 Å². The smallest absolute Gasteiger partial charge is 0.271 e. The van der Waals surface area contributed by atoms with Gasteiger partial charge in [-0.25, -0.2) is 4.98 Å². The Bertz CT molecular complexity index is 1490. The number of phenolic OH excluding ortho intramolecular Hbond substituents is 1. The second kappa shape index (κ2) is 7.38. The lowest BCUT2D eigenvalue weighted by Crippen LogP contribution is -1.91. The summed E-state index contributed by atoms with van der Waals surface area (Å²) in [5.74, 6) is -0.148. The molecule has 0 saturated heterocycles. The topological polar surface area (TPSA) is 102 Å². The summed E-state index contributed by atoms with van der Waals surface area (Å²) in [7, 11) is 0. The van der Waals surface area contributed by atoms with Crippen molar-refractivity contribution in [3.05, 3.63) is 94.7 Å². The molecule has 31 heavy (non-hydrogen) atoms. The third-order valence-electron chi connectivity index (χ3n) is 4.96. The largest absolute Gasteiger partial charge is 0.506 e. The average molecular weight is 409 g/mol. The fourth-order valence-corrected chi connectivity index (χ4v) is 3.49. The van der Waals surface area contributed by atoms with Crippen molar-refractivity contribution in [2.45, 2.75) is 0 Å². The van der Waals surface area contributed by atoms with E-state index in [1.165, 1.54) is 24.4 Å². The Morgan fingerprint density at radius 1 is 0.968 bits per heavy atom. The van der Waals surface area contributed by atoms with E-state index in [-0.39, 0.29) is 17.1 Å². The van der Waals surface area contributed by atoms with Gasteiger partial charge in [-0.2, -0.15) is 0 Å². The van der Waals surface area contributed by atoms with E-state index in [4.69, 9.17) is 4.42 Å². The van der Waals surface area contributed by atoms with Crippen molar-refractivity contribution in [1.82, 2.24) is 4.98 Å². The highest BCUT2D eigenvalue weighted by atomic mass is 16.6. The molecule has 0 aliphatic heterocycles. The molecule has 0 atom stereocenters. The minimum Gasteiger partial charge on any atom is -0.506 e. The molecule has 0 saturated carbocycles. The quantitative estimate of drug-likeness (QED) is 0.222. The van der Waals surface area contributed by atoms with Crippen LogP contribution < -0.4 is 0 Å². The van der Waals surface area contributed by atoms with Crippen LogP contribution in [0.5, 0.6) is 5.75 Å². The number of fused-ring (bicyclic) bond motifs is 3. The molecule has 0 unspecified atom stereocenters. The highest BCUT2D eigenvalue weighted by molar-refractivity contribution is 6.09. The molecule has 7 nitrogen and oxygen atoms in total.